The van der Waals surface area contributed by atoms with Crippen molar-refractivity contribution in [3.8, 4) is 0 Å². The molecule has 12 heavy (non-hydrogen) atoms. The lowest BCUT2D eigenvalue weighted by Gasteiger charge is -2.08. The maximum atomic E-state index is 11.1. The van der Waals surface area contributed by atoms with Crippen LogP contribution in [0, 0.1) is 0 Å². The zero-order chi connectivity index (χ0) is 9.14. The molecule has 68 valence electrons. The van der Waals surface area contributed by atoms with Crippen LogP contribution >= 0.6 is 0 Å². The van der Waals surface area contributed by atoms with E-state index in [1.54, 1.807) is 0 Å². The molecule has 5 N–H and O–H groups in total. The van der Waals surface area contributed by atoms with Gasteiger partial charge in [-0.15, -0.1) is 0 Å². The fraction of sp³-hybridized carbons (Fsp3) is 0.714. The second-order valence-corrected chi connectivity index (χ2v) is 3.06. The van der Waals surface area contributed by atoms with Gasteiger partial charge in [-0.1, -0.05) is 0 Å². The Morgan fingerprint density at radius 1 is 1.50 bits per heavy atom. The van der Waals surface area contributed by atoms with Gasteiger partial charge in [-0.25, -0.2) is 0 Å². The first-order valence-corrected chi connectivity index (χ1v) is 3.94. The molecule has 1 fully saturated rings. The number of hydrogen-bond acceptors (Lipinski definition) is 3. The minimum Gasteiger partial charge on any atom is -0.370 e. The number of hydrogen-bond donors (Lipinski definition) is 3. The van der Waals surface area contributed by atoms with Crippen molar-refractivity contribution in [3.05, 3.63) is 0 Å². The molecule has 1 aliphatic rings. The Kier molecular flexibility index (Phi) is 2.65. The molecule has 0 aromatic carbocycles. The second kappa shape index (κ2) is 3.53. The van der Waals surface area contributed by atoms with E-state index in [2.05, 4.69) is 5.32 Å². The van der Waals surface area contributed by atoms with Gasteiger partial charge in [0.1, 0.15) is 0 Å². The van der Waals surface area contributed by atoms with Gasteiger partial charge in [0.25, 0.3) is 0 Å². The molecule has 0 radical (unpaired) electrons. The van der Waals surface area contributed by atoms with Gasteiger partial charge in [0.15, 0.2) is 0 Å². The Hall–Kier alpha value is -1.10. The van der Waals surface area contributed by atoms with Crippen molar-refractivity contribution in [1.82, 2.24) is 5.32 Å². The van der Waals surface area contributed by atoms with E-state index in [1.807, 2.05) is 0 Å². The van der Waals surface area contributed by atoms with Crippen molar-refractivity contribution in [2.24, 2.45) is 11.5 Å². The van der Waals surface area contributed by atoms with E-state index >= 15 is 0 Å². The lowest BCUT2D eigenvalue weighted by Crippen LogP contribution is -2.43. The molecule has 0 aliphatic heterocycles. The Morgan fingerprint density at radius 3 is 2.50 bits per heavy atom. The van der Waals surface area contributed by atoms with Crippen LogP contribution in [0.3, 0.4) is 0 Å². The molecule has 0 bridgehead atoms. The van der Waals surface area contributed by atoms with Crippen molar-refractivity contribution < 1.29 is 9.59 Å². The predicted molar refractivity (Wildman–Crippen MR) is 43.0 cm³/mol. The average molecular weight is 171 g/mol. The van der Waals surface area contributed by atoms with E-state index in [4.69, 9.17) is 11.5 Å². The zero-order valence-corrected chi connectivity index (χ0v) is 6.75. The van der Waals surface area contributed by atoms with Crippen molar-refractivity contribution in [2.75, 3.05) is 0 Å². The molecule has 1 saturated carbocycles. The summed E-state index contributed by atoms with van der Waals surface area (Å²) in [6.45, 7) is 0. The first kappa shape index (κ1) is 8.99. The molecule has 1 aliphatic carbocycles. The van der Waals surface area contributed by atoms with Crippen LogP contribution in [0.5, 0.6) is 0 Å². The summed E-state index contributed by atoms with van der Waals surface area (Å²) < 4.78 is 0. The fourth-order valence-corrected chi connectivity index (χ4v) is 0.845. The fourth-order valence-electron chi connectivity index (χ4n) is 0.845. The minimum atomic E-state index is -0.789. The largest absolute Gasteiger partial charge is 0.370 e. The van der Waals surface area contributed by atoms with Gasteiger partial charge in [-0.2, -0.15) is 0 Å². The van der Waals surface area contributed by atoms with E-state index < -0.39 is 11.9 Å². The monoisotopic (exact) mass is 171 g/mol. The Labute approximate surface area is 70.5 Å². The lowest BCUT2D eigenvalue weighted by atomic mass is 10.2. The summed E-state index contributed by atoms with van der Waals surface area (Å²) in [6.07, 6.45) is 1.93. The van der Waals surface area contributed by atoms with Gasteiger partial charge in [-0.3, -0.25) is 9.59 Å². The molecule has 5 heteroatoms. The number of carbonyl (C=O) groups excluding carboxylic acids is 2. The Morgan fingerprint density at radius 2 is 2.08 bits per heavy atom. The van der Waals surface area contributed by atoms with Gasteiger partial charge in [-0.05, 0) is 12.8 Å². The zero-order valence-electron chi connectivity index (χ0n) is 6.75. The summed E-state index contributed by atoms with van der Waals surface area (Å²) >= 11 is 0. The van der Waals surface area contributed by atoms with Crippen LogP contribution in [0.4, 0.5) is 0 Å². The van der Waals surface area contributed by atoms with Crippen LogP contribution in [0.1, 0.15) is 19.3 Å². The van der Waals surface area contributed by atoms with Crippen molar-refractivity contribution in [3.63, 3.8) is 0 Å². The smallest absolute Gasteiger partial charge is 0.237 e. The van der Waals surface area contributed by atoms with E-state index in [0.29, 0.717) is 0 Å². The molecule has 5 nitrogen and oxygen atoms in total. The highest BCUT2D eigenvalue weighted by atomic mass is 16.2. The topological polar surface area (TPSA) is 98.2 Å². The maximum absolute atomic E-state index is 11.1. The number of nitrogens with one attached hydrogen (secondary N) is 1. The molecule has 0 spiro atoms. The molecular weight excluding hydrogens is 158 g/mol. The maximum Gasteiger partial charge on any atom is 0.237 e. The highest BCUT2D eigenvalue weighted by Crippen LogP contribution is 2.18. The van der Waals surface area contributed by atoms with Gasteiger partial charge in [0, 0.05) is 6.04 Å². The molecule has 1 atom stereocenters. The molecule has 0 aromatic heterocycles. The number of rotatable bonds is 4. The standard InChI is InChI=1S/C7H13N3O2/c8-5(3-6(9)11)7(12)10-4-1-2-4/h4-5H,1-3,8H2,(H2,9,11)(H,10,12). The van der Waals surface area contributed by atoms with Crippen molar-refractivity contribution in [1.29, 1.82) is 0 Å². The summed E-state index contributed by atoms with van der Waals surface area (Å²) in [5.41, 5.74) is 10.3. The third-order valence-corrected chi connectivity index (χ3v) is 1.68. The molecule has 1 unspecified atom stereocenters. The molecule has 0 heterocycles. The predicted octanol–water partition coefficient (Wildman–Crippen LogP) is -1.53. The second-order valence-electron chi connectivity index (χ2n) is 3.06. The third-order valence-electron chi connectivity index (χ3n) is 1.68. The minimum absolute atomic E-state index is 0.0848. The molecule has 0 aromatic rings. The Balaban J connectivity index is 2.24. The third kappa shape index (κ3) is 2.87. The molecule has 2 amide bonds. The molecule has 1 rings (SSSR count). The molecular formula is C7H13N3O2. The van der Waals surface area contributed by atoms with Crippen LogP contribution in [0.2, 0.25) is 0 Å². The van der Waals surface area contributed by atoms with Crippen LogP contribution in [0.15, 0.2) is 0 Å². The summed E-state index contributed by atoms with van der Waals surface area (Å²) in [5, 5.41) is 2.69. The van der Waals surface area contributed by atoms with E-state index in [9.17, 15) is 9.59 Å². The van der Waals surface area contributed by atoms with Crippen molar-refractivity contribution in [2.45, 2.75) is 31.3 Å². The number of amides is 2. The first-order valence-electron chi connectivity index (χ1n) is 3.94. The number of nitrogens with two attached hydrogens (primary N) is 2. The van der Waals surface area contributed by atoms with E-state index in [0.717, 1.165) is 12.8 Å². The first-order chi connectivity index (χ1) is 5.59. The van der Waals surface area contributed by atoms with Crippen LogP contribution < -0.4 is 16.8 Å². The van der Waals surface area contributed by atoms with Gasteiger partial charge < -0.3 is 16.8 Å². The molecule has 0 saturated heterocycles. The number of primary amides is 1. The Bertz CT molecular complexity index is 201. The van der Waals surface area contributed by atoms with Gasteiger partial charge in [0.05, 0.1) is 12.5 Å². The highest BCUT2D eigenvalue weighted by Gasteiger charge is 2.26. The van der Waals surface area contributed by atoms with Crippen LogP contribution in [0.25, 0.3) is 0 Å². The summed E-state index contributed by atoms with van der Waals surface area (Å²) in [4.78, 5) is 21.5. The summed E-state index contributed by atoms with van der Waals surface area (Å²) in [7, 11) is 0. The van der Waals surface area contributed by atoms with Gasteiger partial charge in [0.2, 0.25) is 11.8 Å². The van der Waals surface area contributed by atoms with Gasteiger partial charge >= 0.3 is 0 Å². The quantitative estimate of drug-likeness (QED) is 0.478. The summed E-state index contributed by atoms with van der Waals surface area (Å²) in [5.74, 6) is -0.829. The average Bonchev–Trinajstić information content (AvgIpc) is 2.70. The van der Waals surface area contributed by atoms with Crippen LogP contribution in [-0.4, -0.2) is 23.9 Å². The van der Waals surface area contributed by atoms with E-state index in [-0.39, 0.29) is 18.4 Å². The van der Waals surface area contributed by atoms with E-state index in [1.165, 1.54) is 0 Å². The number of carbonyl (C=O) groups is 2. The van der Waals surface area contributed by atoms with Crippen molar-refractivity contribution >= 4 is 11.8 Å². The SMILES string of the molecule is NC(=O)CC(N)C(=O)NC1CC1. The lowest BCUT2D eigenvalue weighted by molar-refractivity contribution is -0.126. The summed E-state index contributed by atoms with van der Waals surface area (Å²) in [6, 6.07) is -0.514. The van der Waals surface area contributed by atoms with Crippen LogP contribution in [-0.2, 0) is 9.59 Å². The normalized spacial score (nSPS) is 18.4. The highest BCUT2D eigenvalue weighted by molar-refractivity contribution is 5.87.